The lowest BCUT2D eigenvalue weighted by Gasteiger charge is -2.27. The number of hydrogen-bond acceptors (Lipinski definition) is 3. The average Bonchev–Trinajstić information content (AvgIpc) is 2.16. The van der Waals surface area contributed by atoms with Crippen LogP contribution in [0.4, 0.5) is 11.4 Å². The van der Waals surface area contributed by atoms with Crippen LogP contribution in [-0.4, -0.2) is 26.6 Å². The molecule has 5 nitrogen and oxygen atoms in total. The number of quaternary nitrogens is 1. The van der Waals surface area contributed by atoms with E-state index in [9.17, 15) is 13.0 Å². The smallest absolute Gasteiger partial charge is 0.399 e. The first kappa shape index (κ1) is 12.0. The standard InChI is InChI=1S/C9H14N2O3S/c1-3-11(2,15(12,13)14)9-6-4-8(10)5-7-9/h4-7H,3,10H2,1-2H3/p+1. The van der Waals surface area contributed by atoms with Gasteiger partial charge in [0.05, 0.1) is 13.6 Å². The minimum Gasteiger partial charge on any atom is -0.399 e. The van der Waals surface area contributed by atoms with Gasteiger partial charge < -0.3 is 5.73 Å². The Morgan fingerprint density at radius 1 is 1.33 bits per heavy atom. The molecule has 1 atom stereocenters. The highest BCUT2D eigenvalue weighted by Crippen LogP contribution is 2.25. The van der Waals surface area contributed by atoms with Crippen molar-refractivity contribution in [1.82, 2.24) is 3.89 Å². The first-order valence-electron chi connectivity index (χ1n) is 4.50. The number of rotatable bonds is 3. The van der Waals surface area contributed by atoms with E-state index in [-0.39, 0.29) is 6.54 Å². The Balaban J connectivity index is 3.30. The summed E-state index contributed by atoms with van der Waals surface area (Å²) in [4.78, 5) is 0. The Bertz CT molecular complexity index is 441. The zero-order chi connectivity index (χ0) is 11.7. The minimum atomic E-state index is -4.18. The zero-order valence-corrected chi connectivity index (χ0v) is 9.53. The van der Waals surface area contributed by atoms with Crippen molar-refractivity contribution in [2.75, 3.05) is 19.3 Å². The third-order valence-corrected chi connectivity index (χ3v) is 4.04. The molecule has 3 N–H and O–H groups in total. The topological polar surface area (TPSA) is 80.4 Å². The molecule has 1 aromatic rings. The van der Waals surface area contributed by atoms with Crippen LogP contribution in [-0.2, 0) is 10.3 Å². The van der Waals surface area contributed by atoms with E-state index in [0.29, 0.717) is 11.4 Å². The van der Waals surface area contributed by atoms with Crippen molar-refractivity contribution in [3.63, 3.8) is 0 Å². The maximum atomic E-state index is 11.3. The Kier molecular flexibility index (Phi) is 3.03. The van der Waals surface area contributed by atoms with Gasteiger partial charge in [-0.1, -0.05) is 0 Å². The molecule has 0 aliphatic carbocycles. The molecule has 84 valence electrons. The molecule has 0 bridgehead atoms. The van der Waals surface area contributed by atoms with Crippen LogP contribution in [0.25, 0.3) is 0 Å². The molecule has 1 aromatic carbocycles. The van der Waals surface area contributed by atoms with E-state index in [1.165, 1.54) is 7.05 Å². The van der Waals surface area contributed by atoms with Crippen LogP contribution >= 0.6 is 0 Å². The minimum absolute atomic E-state index is 0.239. The van der Waals surface area contributed by atoms with Crippen molar-refractivity contribution < 1.29 is 13.0 Å². The molecule has 0 radical (unpaired) electrons. The predicted octanol–water partition coefficient (Wildman–Crippen LogP) is 1.03. The summed E-state index contributed by atoms with van der Waals surface area (Å²) in [5.41, 5.74) is 6.53. The highest BCUT2D eigenvalue weighted by molar-refractivity contribution is 7.85. The summed E-state index contributed by atoms with van der Waals surface area (Å²) in [6.45, 7) is 1.92. The molecule has 0 amide bonds. The van der Waals surface area contributed by atoms with Gasteiger partial charge in [0.15, 0.2) is 0 Å². The van der Waals surface area contributed by atoms with Crippen molar-refractivity contribution in [3.05, 3.63) is 24.3 Å². The Morgan fingerprint density at radius 3 is 2.13 bits per heavy atom. The van der Waals surface area contributed by atoms with E-state index in [1.54, 1.807) is 31.2 Å². The van der Waals surface area contributed by atoms with Gasteiger partial charge in [-0.15, -0.1) is 8.42 Å². The normalized spacial score (nSPS) is 15.9. The second-order valence-electron chi connectivity index (χ2n) is 3.46. The van der Waals surface area contributed by atoms with Crippen LogP contribution in [0.3, 0.4) is 0 Å². The third-order valence-electron chi connectivity index (χ3n) is 2.55. The van der Waals surface area contributed by atoms with Crippen molar-refractivity contribution in [2.45, 2.75) is 6.92 Å². The highest BCUT2D eigenvalue weighted by Gasteiger charge is 2.36. The first-order chi connectivity index (χ1) is 6.81. The summed E-state index contributed by atoms with van der Waals surface area (Å²) < 4.78 is 31.2. The molecular weight excluding hydrogens is 216 g/mol. The molecule has 0 aliphatic heterocycles. The van der Waals surface area contributed by atoms with E-state index in [1.807, 2.05) is 0 Å². The van der Waals surface area contributed by atoms with Gasteiger partial charge in [0.1, 0.15) is 5.69 Å². The molecule has 0 aromatic heterocycles. The van der Waals surface area contributed by atoms with Crippen LogP contribution in [0.2, 0.25) is 0 Å². The van der Waals surface area contributed by atoms with Crippen molar-refractivity contribution in [3.8, 4) is 0 Å². The fourth-order valence-electron chi connectivity index (χ4n) is 1.27. The summed E-state index contributed by atoms with van der Waals surface area (Å²) in [6.07, 6.45) is 0. The van der Waals surface area contributed by atoms with Crippen LogP contribution in [0.15, 0.2) is 24.3 Å². The average molecular weight is 231 g/mol. The fourth-order valence-corrected chi connectivity index (χ4v) is 1.98. The molecule has 0 fully saturated rings. The number of nitrogens with zero attached hydrogens (tertiary/aromatic N) is 1. The lowest BCUT2D eigenvalue weighted by atomic mass is 10.2. The SMILES string of the molecule is CC[N+](C)(c1ccc(N)cc1)S(=O)(=O)O. The molecule has 0 aliphatic rings. The monoisotopic (exact) mass is 231 g/mol. The first-order valence-corrected chi connectivity index (χ1v) is 5.90. The van der Waals surface area contributed by atoms with Crippen molar-refractivity contribution in [2.24, 2.45) is 0 Å². The number of benzene rings is 1. The second kappa shape index (κ2) is 3.80. The van der Waals surface area contributed by atoms with Gasteiger partial charge in [-0.05, 0) is 19.1 Å². The molecule has 0 saturated heterocycles. The van der Waals surface area contributed by atoms with Crippen molar-refractivity contribution in [1.29, 1.82) is 0 Å². The summed E-state index contributed by atoms with van der Waals surface area (Å²) in [7, 11) is -2.75. The maximum Gasteiger partial charge on any atom is 0.437 e. The number of nitrogen functional groups attached to an aromatic ring is 1. The van der Waals surface area contributed by atoms with E-state index in [4.69, 9.17) is 5.73 Å². The van der Waals surface area contributed by atoms with E-state index < -0.39 is 14.2 Å². The molecule has 0 saturated carbocycles. The van der Waals surface area contributed by atoms with Gasteiger partial charge in [0.2, 0.25) is 0 Å². The highest BCUT2D eigenvalue weighted by atomic mass is 32.2. The summed E-state index contributed by atoms with van der Waals surface area (Å²) >= 11 is 0. The largest absolute Gasteiger partial charge is 0.437 e. The Morgan fingerprint density at radius 2 is 1.80 bits per heavy atom. The number of anilines is 1. The van der Waals surface area contributed by atoms with Crippen LogP contribution in [0.5, 0.6) is 0 Å². The third kappa shape index (κ3) is 2.11. The van der Waals surface area contributed by atoms with Gasteiger partial charge in [0.25, 0.3) is 0 Å². The molecule has 0 spiro atoms. The van der Waals surface area contributed by atoms with Gasteiger partial charge in [-0.3, -0.25) is 0 Å². The lowest BCUT2D eigenvalue weighted by Crippen LogP contribution is -2.49. The molecule has 6 heteroatoms. The van der Waals surface area contributed by atoms with Crippen LogP contribution < -0.4 is 9.62 Å². The summed E-state index contributed by atoms with van der Waals surface area (Å²) in [5.74, 6) is 0. The number of hydrogen-bond donors (Lipinski definition) is 2. The molecule has 1 rings (SSSR count). The van der Waals surface area contributed by atoms with E-state index in [0.717, 1.165) is 0 Å². The van der Waals surface area contributed by atoms with Gasteiger partial charge in [-0.2, -0.15) is 3.89 Å². The summed E-state index contributed by atoms with van der Waals surface area (Å²) in [5, 5.41) is 0. The lowest BCUT2D eigenvalue weighted by molar-refractivity contribution is 0.391. The van der Waals surface area contributed by atoms with E-state index in [2.05, 4.69) is 0 Å². The second-order valence-corrected chi connectivity index (χ2v) is 5.16. The molecular formula is C9H15N2O3S+. The molecule has 15 heavy (non-hydrogen) atoms. The molecule has 0 heterocycles. The van der Waals surface area contributed by atoms with Crippen molar-refractivity contribution >= 4 is 21.7 Å². The van der Waals surface area contributed by atoms with Crippen LogP contribution in [0, 0.1) is 0 Å². The molecule has 1 unspecified atom stereocenters. The number of nitrogens with two attached hydrogens (primary N) is 1. The van der Waals surface area contributed by atoms with Gasteiger partial charge >= 0.3 is 10.3 Å². The van der Waals surface area contributed by atoms with Crippen LogP contribution in [0.1, 0.15) is 6.92 Å². The summed E-state index contributed by atoms with van der Waals surface area (Å²) in [6, 6.07) is 6.39. The van der Waals surface area contributed by atoms with E-state index >= 15 is 0 Å². The maximum absolute atomic E-state index is 11.3. The Labute approximate surface area is 89.6 Å². The quantitative estimate of drug-likeness (QED) is 0.462. The van der Waals surface area contributed by atoms with Gasteiger partial charge in [0, 0.05) is 17.8 Å². The predicted molar refractivity (Wildman–Crippen MR) is 60.7 cm³/mol. The zero-order valence-electron chi connectivity index (χ0n) is 8.71. The fraction of sp³-hybridized carbons (Fsp3) is 0.333. The van der Waals surface area contributed by atoms with Gasteiger partial charge in [-0.25, -0.2) is 4.55 Å². The Hall–Kier alpha value is -1.11.